The number of nitrogens with one attached hydrogen (secondary N) is 4. The zero-order valence-electron chi connectivity index (χ0n) is 33.7. The van der Waals surface area contributed by atoms with Gasteiger partial charge in [0.15, 0.2) is 0 Å². The lowest BCUT2D eigenvalue weighted by Gasteiger charge is -2.33. The van der Waals surface area contributed by atoms with Gasteiger partial charge in [-0.3, -0.25) is 23.4 Å². The first-order chi connectivity index (χ1) is 28.2. The number of hydrogen-bond donors (Lipinski definition) is 9. The second kappa shape index (κ2) is 22.9. The number of carbonyl (C=O) groups is 2. The molecule has 2 fully saturated rings. The molecule has 2 aromatic heterocycles. The lowest BCUT2D eigenvalue weighted by atomic mass is 9.95. The molecule has 10 N–H and O–H groups in total. The summed E-state index contributed by atoms with van der Waals surface area (Å²) >= 11 is 0. The summed E-state index contributed by atoms with van der Waals surface area (Å²) in [7, 11) is -8.96. The average Bonchev–Trinajstić information content (AvgIpc) is 3.67. The Morgan fingerprint density at radius 2 is 1.59 bits per heavy atom. The Hall–Kier alpha value is -3.58. The Labute approximate surface area is 345 Å². The van der Waals surface area contributed by atoms with E-state index in [9.17, 15) is 38.3 Å². The van der Waals surface area contributed by atoms with Crippen molar-refractivity contribution >= 4 is 49.7 Å². The molecule has 0 unspecified atom stereocenters. The lowest BCUT2D eigenvalue weighted by molar-refractivity contribution is -0.134. The van der Waals surface area contributed by atoms with Crippen LogP contribution in [0.5, 0.6) is 0 Å². The van der Waals surface area contributed by atoms with E-state index in [1.54, 1.807) is 4.90 Å². The van der Waals surface area contributed by atoms with Gasteiger partial charge in [0, 0.05) is 56.6 Å². The highest BCUT2D eigenvalue weighted by Gasteiger charge is 2.29. The summed E-state index contributed by atoms with van der Waals surface area (Å²) in [6, 6.07) is 7.28. The molecule has 0 bridgehead atoms. The second-order valence-corrected chi connectivity index (χ2v) is 19.1. The van der Waals surface area contributed by atoms with Gasteiger partial charge in [-0.25, -0.2) is 4.98 Å². The molecule has 3 heterocycles. The number of fused-ring (bicyclic) bond motifs is 1. The maximum absolute atomic E-state index is 13.1. The number of likely N-dealkylation sites (tertiary alicyclic amines) is 1. The summed E-state index contributed by atoms with van der Waals surface area (Å²) in [5, 5.41) is 23.6. The smallest absolute Gasteiger partial charge is 0.327 e. The van der Waals surface area contributed by atoms with E-state index in [1.807, 2.05) is 35.1 Å². The van der Waals surface area contributed by atoms with Gasteiger partial charge in [-0.05, 0) is 76.7 Å². The van der Waals surface area contributed by atoms with Crippen LogP contribution >= 0.6 is 15.2 Å². The minimum Gasteiger partial charge on any atom is -0.367 e. The van der Waals surface area contributed by atoms with Crippen molar-refractivity contribution in [2.45, 2.75) is 102 Å². The van der Waals surface area contributed by atoms with Crippen molar-refractivity contribution in [1.29, 1.82) is 0 Å². The third-order valence-electron chi connectivity index (χ3n) is 10.7. The van der Waals surface area contributed by atoms with Crippen molar-refractivity contribution in [3.05, 3.63) is 36.2 Å². The minimum absolute atomic E-state index is 0.0262. The monoisotopic (exact) mass is 864 g/mol. The Kier molecular flexibility index (Phi) is 18.0. The number of amides is 2. The third-order valence-corrected chi connectivity index (χ3v) is 12.3. The molecule has 1 aliphatic heterocycles. The minimum atomic E-state index is -4.48. The maximum atomic E-state index is 13.1. The van der Waals surface area contributed by atoms with Gasteiger partial charge in [0.05, 0.1) is 36.6 Å². The molecule has 20 nitrogen and oxygen atoms in total. The molecule has 1 aromatic carbocycles. The highest BCUT2D eigenvalue weighted by Crippen LogP contribution is 2.36. The number of nitrogens with zero attached hydrogens (tertiary/aromatic N) is 7. The first kappa shape index (κ1) is 46.5. The van der Waals surface area contributed by atoms with Crippen molar-refractivity contribution < 1.29 is 38.3 Å². The van der Waals surface area contributed by atoms with Crippen LogP contribution in [0, 0.1) is 0 Å². The van der Waals surface area contributed by atoms with E-state index in [2.05, 4.69) is 31.6 Å². The van der Waals surface area contributed by atoms with Crippen molar-refractivity contribution in [1.82, 2.24) is 45.4 Å². The molecule has 3 aromatic rings. The lowest BCUT2D eigenvalue weighted by Crippen LogP contribution is -2.47. The van der Waals surface area contributed by atoms with Gasteiger partial charge in [0.1, 0.15) is 11.5 Å². The van der Waals surface area contributed by atoms with E-state index in [0.29, 0.717) is 50.3 Å². The van der Waals surface area contributed by atoms with Crippen LogP contribution in [0.2, 0.25) is 0 Å². The summed E-state index contributed by atoms with van der Waals surface area (Å²) < 4.78 is 24.6. The Morgan fingerprint density at radius 3 is 2.31 bits per heavy atom. The highest BCUT2D eigenvalue weighted by molar-refractivity contribution is 7.52. The zero-order chi connectivity index (χ0) is 42.3. The number of piperidine rings is 1. The molecular formula is C37H62N12O8P2. The van der Waals surface area contributed by atoms with Crippen LogP contribution in [0.4, 0.5) is 11.8 Å². The Balaban J connectivity index is 1.03. The van der Waals surface area contributed by atoms with Gasteiger partial charge < -0.3 is 56.4 Å². The fraction of sp³-hybridized carbons (Fsp3) is 0.676. The molecule has 2 amide bonds. The molecule has 5 rings (SSSR count). The first-order valence-electron chi connectivity index (χ1n) is 20.7. The zero-order valence-corrected chi connectivity index (χ0v) is 35.5. The number of aryl methyl sites for hydroxylation is 1. The molecule has 2 aliphatic rings. The molecule has 1 saturated carbocycles. The van der Waals surface area contributed by atoms with Gasteiger partial charge >= 0.3 is 15.2 Å². The molecule has 1 aliphatic carbocycles. The number of anilines is 2. The van der Waals surface area contributed by atoms with Crippen LogP contribution in [-0.4, -0.2) is 142 Å². The van der Waals surface area contributed by atoms with Gasteiger partial charge in [-0.15, -0.1) is 5.10 Å². The van der Waals surface area contributed by atoms with Gasteiger partial charge in [-0.1, -0.05) is 36.6 Å². The second-order valence-electron chi connectivity index (χ2n) is 15.5. The SMILES string of the molecule is N[C@@H](CCC(=O)N1CCC(Nc2nc(NCc3cn(CCCNCCCNC4CCCCC4)nn3)nc3ccccc23)CC1)C(=O)N(CCP(=O)(O)O)CCP(=O)(O)O. The van der Waals surface area contributed by atoms with Crippen LogP contribution in [0.15, 0.2) is 30.5 Å². The largest absolute Gasteiger partial charge is 0.367 e. The first-order valence-corrected chi connectivity index (χ1v) is 24.3. The van der Waals surface area contributed by atoms with Crippen molar-refractivity contribution in [2.75, 3.05) is 68.8 Å². The summed E-state index contributed by atoms with van der Waals surface area (Å²) in [5.41, 5.74) is 7.61. The molecular weight excluding hydrogens is 802 g/mol. The summed E-state index contributed by atoms with van der Waals surface area (Å²) in [5.74, 6) is 0.199. The van der Waals surface area contributed by atoms with E-state index in [4.69, 9.17) is 15.7 Å². The molecule has 59 heavy (non-hydrogen) atoms. The highest BCUT2D eigenvalue weighted by atomic mass is 31.2. The maximum Gasteiger partial charge on any atom is 0.327 e. The third kappa shape index (κ3) is 16.4. The predicted molar refractivity (Wildman–Crippen MR) is 225 cm³/mol. The van der Waals surface area contributed by atoms with E-state index in [0.717, 1.165) is 60.5 Å². The van der Waals surface area contributed by atoms with Crippen LogP contribution in [0.25, 0.3) is 10.9 Å². The summed E-state index contributed by atoms with van der Waals surface area (Å²) in [6.07, 6.45) is 10.6. The average molecular weight is 865 g/mol. The molecule has 1 atom stereocenters. The summed E-state index contributed by atoms with van der Waals surface area (Å²) in [4.78, 5) is 75.2. The van der Waals surface area contributed by atoms with Gasteiger partial charge in [0.2, 0.25) is 17.8 Å². The number of hydrogen-bond acceptors (Lipinski definition) is 13. The standard InChI is InChI=1S/C37H62N12O8P2/c38-32(36(51)48(22-24-58(52,53)54)23-25-59(55,56)57)12-13-34(50)47-20-14-29(15-21-47)42-35-31-10-4-5-11-33(31)43-37(44-35)41-26-30-27-49(46-45-30)19-7-17-39-16-6-18-40-28-8-2-1-3-9-28/h4-5,10-11,27-29,32,39-40H,1-3,6-9,12-26,38H2,(H2,52,53,54)(H2,55,56,57)(H2,41,42,43,44)/t32-/m0/s1. The van der Waals surface area contributed by atoms with E-state index >= 15 is 0 Å². The fourth-order valence-corrected chi connectivity index (χ4v) is 8.38. The quantitative estimate of drug-likeness (QED) is 0.0459. The van der Waals surface area contributed by atoms with Crippen LogP contribution in [0.3, 0.4) is 0 Å². The topological polar surface area (TPSA) is 286 Å². The van der Waals surface area contributed by atoms with Crippen molar-refractivity contribution in [3.8, 4) is 0 Å². The number of carbonyl (C=O) groups excluding carboxylic acids is 2. The van der Waals surface area contributed by atoms with Gasteiger partial charge in [0.25, 0.3) is 0 Å². The molecule has 328 valence electrons. The van der Waals surface area contributed by atoms with E-state index in [-0.39, 0.29) is 24.8 Å². The van der Waals surface area contributed by atoms with E-state index < -0.39 is 52.6 Å². The van der Waals surface area contributed by atoms with Crippen molar-refractivity contribution in [3.63, 3.8) is 0 Å². The Bertz CT molecular complexity index is 1850. The van der Waals surface area contributed by atoms with Crippen LogP contribution < -0.4 is 27.0 Å². The molecule has 0 radical (unpaired) electrons. The predicted octanol–water partition coefficient (Wildman–Crippen LogP) is 1.82. The van der Waals surface area contributed by atoms with Crippen LogP contribution in [-0.2, 0) is 31.8 Å². The van der Waals surface area contributed by atoms with Gasteiger partial charge in [-0.2, -0.15) is 4.98 Å². The number of para-hydroxylation sites is 1. The molecule has 22 heteroatoms. The van der Waals surface area contributed by atoms with E-state index in [1.165, 1.54) is 32.1 Å². The number of rotatable bonds is 24. The normalized spacial score (nSPS) is 16.3. The number of benzene rings is 1. The fourth-order valence-electron chi connectivity index (χ4n) is 7.38. The van der Waals surface area contributed by atoms with Crippen molar-refractivity contribution in [2.24, 2.45) is 5.73 Å². The van der Waals surface area contributed by atoms with Crippen LogP contribution in [0.1, 0.15) is 76.3 Å². The summed E-state index contributed by atoms with van der Waals surface area (Å²) in [6.45, 7) is 4.24. The number of nitrogens with two attached hydrogens (primary N) is 1. The molecule has 0 spiro atoms. The number of aromatic nitrogens is 5. The molecule has 1 saturated heterocycles. The Morgan fingerprint density at radius 1 is 0.898 bits per heavy atom.